The molecule has 0 saturated carbocycles. The van der Waals surface area contributed by atoms with Crippen molar-refractivity contribution in [3.8, 4) is 10.4 Å². The number of aromatic nitrogens is 4. The molecule has 0 unspecified atom stereocenters. The second-order valence-electron chi connectivity index (χ2n) is 6.25. The number of nitrogens with one attached hydrogen (secondary N) is 2. The van der Waals surface area contributed by atoms with Gasteiger partial charge < -0.3 is 9.50 Å². The molecule has 1 aromatic carbocycles. The van der Waals surface area contributed by atoms with Crippen molar-refractivity contribution in [2.24, 2.45) is 0 Å². The van der Waals surface area contributed by atoms with E-state index < -0.39 is 5.82 Å². The minimum Gasteiger partial charge on any atom is -0.340 e. The Morgan fingerprint density at radius 3 is 2.93 bits per heavy atom. The average Bonchev–Trinajstić information content (AvgIpc) is 3.35. The molecule has 1 aliphatic carbocycles. The van der Waals surface area contributed by atoms with Crippen LogP contribution in [-0.2, 0) is 17.0 Å². The van der Waals surface area contributed by atoms with Gasteiger partial charge in [-0.15, -0.1) is 11.3 Å². The van der Waals surface area contributed by atoms with Gasteiger partial charge >= 0.3 is 0 Å². The van der Waals surface area contributed by atoms with Gasteiger partial charge in [0.2, 0.25) is 0 Å². The highest BCUT2D eigenvalue weighted by molar-refractivity contribution is 7.75. The van der Waals surface area contributed by atoms with E-state index in [1.165, 1.54) is 22.8 Å². The molecule has 1 aliphatic rings. The molecule has 6 nitrogen and oxygen atoms in total. The fraction of sp³-hybridized carbons (Fsp3) is 0.211. The number of aryl methyl sites for hydroxylation is 2. The Labute approximate surface area is 181 Å². The number of rotatable bonds is 3. The lowest BCUT2D eigenvalue weighted by Gasteiger charge is -2.13. The number of anilines is 2. The molecule has 0 radical (unpaired) electrons. The number of thiol groups is 1. The molecule has 0 spiro atoms. The third-order valence-electron chi connectivity index (χ3n) is 4.49. The van der Waals surface area contributed by atoms with Crippen molar-refractivity contribution in [3.05, 3.63) is 52.8 Å². The summed E-state index contributed by atoms with van der Waals surface area (Å²) >= 11 is 10.9. The molecule has 0 aliphatic heterocycles. The number of hydrogen-bond acceptors (Lipinski definition) is 7. The summed E-state index contributed by atoms with van der Waals surface area (Å²) in [5, 5.41) is 11.6. The second-order valence-corrected chi connectivity index (χ2v) is 7.91. The fourth-order valence-corrected chi connectivity index (χ4v) is 4.61. The van der Waals surface area contributed by atoms with Crippen LogP contribution >= 0.6 is 35.8 Å². The molecular formula is C19H17ClFN5OS2. The first kappa shape index (κ1) is 20.1. The van der Waals surface area contributed by atoms with Gasteiger partial charge in [0.25, 0.3) is 0 Å². The molecule has 2 N–H and O–H groups in total. The van der Waals surface area contributed by atoms with E-state index in [-0.39, 0.29) is 5.02 Å². The van der Waals surface area contributed by atoms with Crippen LogP contribution in [0, 0.1) is 5.82 Å². The summed E-state index contributed by atoms with van der Waals surface area (Å²) in [6, 6.07) is 4.53. The van der Waals surface area contributed by atoms with Gasteiger partial charge in [-0.2, -0.15) is 5.10 Å². The zero-order valence-corrected chi connectivity index (χ0v) is 17.8. The fourth-order valence-electron chi connectivity index (χ4n) is 3.20. The van der Waals surface area contributed by atoms with Gasteiger partial charge in [-0.1, -0.05) is 11.6 Å². The maximum Gasteiger partial charge on any atom is 0.142 e. The molecule has 0 atom stereocenters. The van der Waals surface area contributed by atoms with E-state index in [4.69, 9.17) is 11.6 Å². The topological polar surface area (TPSA) is 75.7 Å². The minimum atomic E-state index is -0.444. The Hall–Kier alpha value is -2.20. The average molecular weight is 450 g/mol. The number of fused-ring (bicyclic) bond motifs is 5. The smallest absolute Gasteiger partial charge is 0.142 e. The standard InChI is InChI=1S/C17H11ClFN5S.C2H6OS/c18-11-5-8(1-3-12(11)19)23-16-14-9-2-4-13-10(6-22-24-13)15(9)25-17(14)21-7-20-16;1-2-3-4/h1,3,5-7H,2,4H2,(H,22,24)(H,20,21,23);4H,2H2,1H3. The number of benzene rings is 1. The van der Waals surface area contributed by atoms with Gasteiger partial charge in [-0.05, 0) is 56.4 Å². The summed E-state index contributed by atoms with van der Waals surface area (Å²) < 4.78 is 17.6. The first-order valence-corrected chi connectivity index (χ1v) is 10.5. The van der Waals surface area contributed by atoms with E-state index in [1.807, 2.05) is 13.1 Å². The van der Waals surface area contributed by atoms with Crippen LogP contribution in [0.1, 0.15) is 18.2 Å². The number of nitrogens with zero attached hydrogens (tertiary/aromatic N) is 3. The zero-order chi connectivity index (χ0) is 20.4. The molecule has 0 bridgehead atoms. The zero-order valence-electron chi connectivity index (χ0n) is 15.4. The highest BCUT2D eigenvalue weighted by Crippen LogP contribution is 2.44. The summed E-state index contributed by atoms with van der Waals surface area (Å²) in [6.07, 6.45) is 5.21. The number of hydrogen-bond donors (Lipinski definition) is 3. The second kappa shape index (κ2) is 8.66. The van der Waals surface area contributed by atoms with Gasteiger partial charge in [0.15, 0.2) is 0 Å². The maximum atomic E-state index is 13.4. The monoisotopic (exact) mass is 449 g/mol. The van der Waals surface area contributed by atoms with Crippen molar-refractivity contribution in [2.75, 3.05) is 11.9 Å². The molecule has 29 heavy (non-hydrogen) atoms. The molecule has 3 heterocycles. The first-order valence-electron chi connectivity index (χ1n) is 8.89. The van der Waals surface area contributed by atoms with Crippen LogP contribution in [-0.4, -0.2) is 26.8 Å². The maximum absolute atomic E-state index is 13.4. The van der Waals surface area contributed by atoms with Crippen molar-refractivity contribution < 1.29 is 8.57 Å². The predicted molar refractivity (Wildman–Crippen MR) is 118 cm³/mol. The largest absolute Gasteiger partial charge is 0.340 e. The van der Waals surface area contributed by atoms with E-state index in [0.717, 1.165) is 34.3 Å². The van der Waals surface area contributed by atoms with Crippen LogP contribution in [0.4, 0.5) is 15.9 Å². The van der Waals surface area contributed by atoms with E-state index in [9.17, 15) is 4.39 Å². The molecule has 0 amide bonds. The van der Waals surface area contributed by atoms with E-state index in [2.05, 4.69) is 42.6 Å². The Kier molecular flexibility index (Phi) is 6.00. The number of thiophene rings is 1. The third-order valence-corrected chi connectivity index (χ3v) is 6.21. The molecule has 150 valence electrons. The number of H-pyrrole nitrogens is 1. The first-order chi connectivity index (χ1) is 14.1. The van der Waals surface area contributed by atoms with Crippen molar-refractivity contribution >= 4 is 57.6 Å². The number of aromatic amines is 1. The summed E-state index contributed by atoms with van der Waals surface area (Å²) in [5.41, 5.74) is 4.21. The van der Waals surface area contributed by atoms with Gasteiger partial charge in [0.05, 0.1) is 23.2 Å². The van der Waals surface area contributed by atoms with E-state index in [0.29, 0.717) is 18.1 Å². The highest BCUT2D eigenvalue weighted by Gasteiger charge is 2.25. The Morgan fingerprint density at radius 2 is 2.17 bits per heavy atom. The Morgan fingerprint density at radius 1 is 1.34 bits per heavy atom. The van der Waals surface area contributed by atoms with Crippen LogP contribution in [0.5, 0.6) is 0 Å². The molecule has 3 aromatic heterocycles. The SMILES string of the molecule is CCOS.Fc1ccc(Nc2ncnc3sc4c(c23)CCc2[nH]ncc2-4)cc1Cl. The van der Waals surface area contributed by atoms with Gasteiger partial charge in [-0.3, -0.25) is 5.10 Å². The van der Waals surface area contributed by atoms with Crippen LogP contribution in [0.3, 0.4) is 0 Å². The lowest BCUT2D eigenvalue weighted by atomic mass is 9.95. The number of halogens is 2. The van der Waals surface area contributed by atoms with Gasteiger partial charge in [0.1, 0.15) is 22.8 Å². The normalized spacial score (nSPS) is 12.1. The van der Waals surface area contributed by atoms with Crippen LogP contribution in [0.15, 0.2) is 30.7 Å². The van der Waals surface area contributed by atoms with Crippen molar-refractivity contribution in [3.63, 3.8) is 0 Å². The lowest BCUT2D eigenvalue weighted by Crippen LogP contribution is -2.02. The van der Waals surface area contributed by atoms with Crippen molar-refractivity contribution in [1.29, 1.82) is 0 Å². The summed E-state index contributed by atoms with van der Waals surface area (Å²) in [4.78, 5) is 10.9. The molecule has 0 saturated heterocycles. The van der Waals surface area contributed by atoms with E-state index >= 15 is 0 Å². The van der Waals surface area contributed by atoms with Crippen LogP contribution in [0.25, 0.3) is 20.7 Å². The summed E-state index contributed by atoms with van der Waals surface area (Å²) in [7, 11) is 0. The highest BCUT2D eigenvalue weighted by atomic mass is 35.5. The molecule has 5 rings (SSSR count). The Balaban J connectivity index is 0.000000472. The molecule has 0 fully saturated rings. The van der Waals surface area contributed by atoms with Crippen molar-refractivity contribution in [1.82, 2.24) is 20.2 Å². The Bertz CT molecular complexity index is 1160. The van der Waals surface area contributed by atoms with Gasteiger partial charge in [0, 0.05) is 21.8 Å². The molecule has 4 aromatic rings. The van der Waals surface area contributed by atoms with E-state index in [1.54, 1.807) is 23.5 Å². The minimum absolute atomic E-state index is 0.0747. The lowest BCUT2D eigenvalue weighted by molar-refractivity contribution is 0.410. The van der Waals surface area contributed by atoms with Crippen LogP contribution < -0.4 is 5.32 Å². The summed E-state index contributed by atoms with van der Waals surface area (Å²) in [5.74, 6) is 0.262. The molecule has 10 heteroatoms. The van der Waals surface area contributed by atoms with Gasteiger partial charge in [-0.25, -0.2) is 14.4 Å². The third kappa shape index (κ3) is 3.95. The quantitative estimate of drug-likeness (QED) is 0.281. The summed E-state index contributed by atoms with van der Waals surface area (Å²) in [6.45, 7) is 2.57. The molecular weight excluding hydrogens is 433 g/mol. The predicted octanol–water partition coefficient (Wildman–Crippen LogP) is 5.58. The van der Waals surface area contributed by atoms with Crippen LogP contribution in [0.2, 0.25) is 5.02 Å². The van der Waals surface area contributed by atoms with Crippen molar-refractivity contribution in [2.45, 2.75) is 19.8 Å².